The zero-order chi connectivity index (χ0) is 19.4. The number of amides is 1. The van der Waals surface area contributed by atoms with Gasteiger partial charge in [-0.1, -0.05) is 30.3 Å². The molecule has 3 rings (SSSR count). The van der Waals surface area contributed by atoms with E-state index in [2.05, 4.69) is 5.32 Å². The summed E-state index contributed by atoms with van der Waals surface area (Å²) in [6.45, 7) is 0. The summed E-state index contributed by atoms with van der Waals surface area (Å²) in [6.07, 6.45) is 1.55. The van der Waals surface area contributed by atoms with E-state index >= 15 is 0 Å². The third-order valence-electron chi connectivity index (χ3n) is 4.13. The number of hydrogen-bond acceptors (Lipinski definition) is 4. The van der Waals surface area contributed by atoms with Crippen molar-refractivity contribution in [3.05, 3.63) is 89.9 Å². The van der Waals surface area contributed by atoms with Crippen LogP contribution < -0.4 is 5.32 Å². The van der Waals surface area contributed by atoms with Crippen LogP contribution in [0.25, 0.3) is 0 Å². The highest BCUT2D eigenvalue weighted by Gasteiger charge is 2.21. The van der Waals surface area contributed by atoms with E-state index < -0.39 is 16.1 Å². The monoisotopic (exact) mass is 384 g/mol. The van der Waals surface area contributed by atoms with E-state index in [1.54, 1.807) is 18.4 Å². The van der Waals surface area contributed by atoms with Gasteiger partial charge in [-0.25, -0.2) is 12.7 Å². The van der Waals surface area contributed by atoms with Gasteiger partial charge in [0.2, 0.25) is 10.0 Å². The van der Waals surface area contributed by atoms with E-state index in [-0.39, 0.29) is 10.8 Å². The van der Waals surface area contributed by atoms with Crippen LogP contribution in [-0.4, -0.2) is 32.7 Å². The highest BCUT2D eigenvalue weighted by molar-refractivity contribution is 7.89. The van der Waals surface area contributed by atoms with Crippen molar-refractivity contribution in [3.8, 4) is 0 Å². The molecule has 0 fully saturated rings. The van der Waals surface area contributed by atoms with Gasteiger partial charge in [-0.3, -0.25) is 4.79 Å². The van der Waals surface area contributed by atoms with Gasteiger partial charge in [0.1, 0.15) is 11.8 Å². The topological polar surface area (TPSA) is 79.6 Å². The number of nitrogens with one attached hydrogen (secondary N) is 1. The molecule has 1 N–H and O–H groups in total. The molecule has 140 valence electrons. The van der Waals surface area contributed by atoms with Crippen molar-refractivity contribution < 1.29 is 17.6 Å². The average Bonchev–Trinajstić information content (AvgIpc) is 3.21. The molecule has 3 aromatic rings. The van der Waals surface area contributed by atoms with Crippen molar-refractivity contribution in [3.63, 3.8) is 0 Å². The van der Waals surface area contributed by atoms with Crippen molar-refractivity contribution in [1.29, 1.82) is 0 Å². The van der Waals surface area contributed by atoms with Gasteiger partial charge >= 0.3 is 0 Å². The van der Waals surface area contributed by atoms with Crippen molar-refractivity contribution in [2.75, 3.05) is 14.1 Å². The number of benzene rings is 2. The highest BCUT2D eigenvalue weighted by atomic mass is 32.2. The zero-order valence-electron chi connectivity index (χ0n) is 15.0. The average molecular weight is 384 g/mol. The van der Waals surface area contributed by atoms with E-state index in [9.17, 15) is 13.2 Å². The maximum atomic E-state index is 12.7. The Morgan fingerprint density at radius 1 is 0.963 bits per heavy atom. The fourth-order valence-electron chi connectivity index (χ4n) is 2.62. The van der Waals surface area contributed by atoms with Crippen LogP contribution in [0.3, 0.4) is 0 Å². The summed E-state index contributed by atoms with van der Waals surface area (Å²) in [5.74, 6) is 0.287. The Labute approximate surface area is 158 Å². The smallest absolute Gasteiger partial charge is 0.252 e. The van der Waals surface area contributed by atoms with Crippen molar-refractivity contribution in [2.45, 2.75) is 10.9 Å². The van der Waals surface area contributed by atoms with Gasteiger partial charge in [-0.05, 0) is 42.0 Å². The molecular formula is C20H20N2O4S. The molecule has 0 aliphatic rings. The maximum Gasteiger partial charge on any atom is 0.252 e. The molecule has 0 radical (unpaired) electrons. The third-order valence-corrected chi connectivity index (χ3v) is 5.96. The second-order valence-corrected chi connectivity index (χ2v) is 8.30. The molecule has 1 aromatic heterocycles. The zero-order valence-corrected chi connectivity index (χ0v) is 15.8. The Hall–Kier alpha value is -2.90. The Balaban J connectivity index is 1.85. The normalized spacial score (nSPS) is 12.7. The number of rotatable bonds is 6. The molecule has 0 spiro atoms. The largest absolute Gasteiger partial charge is 0.467 e. The first-order chi connectivity index (χ1) is 12.9. The van der Waals surface area contributed by atoms with Crippen molar-refractivity contribution >= 4 is 15.9 Å². The fraction of sp³-hybridized carbons (Fsp3) is 0.150. The van der Waals surface area contributed by atoms with Crippen LogP contribution in [0.5, 0.6) is 0 Å². The van der Waals surface area contributed by atoms with Crippen molar-refractivity contribution in [1.82, 2.24) is 9.62 Å². The molecule has 0 saturated heterocycles. The van der Waals surface area contributed by atoms with Gasteiger partial charge in [-0.15, -0.1) is 0 Å². The van der Waals surface area contributed by atoms with Gasteiger partial charge in [0.25, 0.3) is 5.91 Å². The molecule has 0 unspecified atom stereocenters. The lowest BCUT2D eigenvalue weighted by atomic mass is 10.0. The van der Waals surface area contributed by atoms with Gasteiger partial charge in [-0.2, -0.15) is 0 Å². The predicted molar refractivity (Wildman–Crippen MR) is 102 cm³/mol. The summed E-state index contributed by atoms with van der Waals surface area (Å²) < 4.78 is 30.9. The Morgan fingerprint density at radius 2 is 1.63 bits per heavy atom. The summed E-state index contributed by atoms with van der Waals surface area (Å²) in [5, 5.41) is 2.94. The molecule has 1 amide bonds. The summed E-state index contributed by atoms with van der Waals surface area (Å²) in [5.41, 5.74) is 1.24. The summed E-state index contributed by atoms with van der Waals surface area (Å²) in [4.78, 5) is 12.8. The van der Waals surface area contributed by atoms with Crippen LogP contribution in [-0.2, 0) is 10.0 Å². The number of sulfonamides is 1. The minimum atomic E-state index is -3.53. The standard InChI is InChI=1S/C20H20N2O4S/c1-22(2)27(24,25)17-12-10-16(11-13-17)20(23)21-19(18-9-6-14-26-18)15-7-4-3-5-8-15/h3-14,19H,1-2H3,(H,21,23)/t19-/m1/s1. The number of hydrogen-bond donors (Lipinski definition) is 1. The minimum absolute atomic E-state index is 0.134. The molecular weight excluding hydrogens is 364 g/mol. The maximum absolute atomic E-state index is 12.7. The fourth-order valence-corrected chi connectivity index (χ4v) is 3.52. The number of carbonyl (C=O) groups excluding carboxylic acids is 1. The lowest BCUT2D eigenvalue weighted by Crippen LogP contribution is -2.29. The molecule has 0 saturated carbocycles. The molecule has 27 heavy (non-hydrogen) atoms. The summed E-state index contributed by atoms with van der Waals surface area (Å²) in [7, 11) is -0.610. The van der Waals surface area contributed by atoms with Gasteiger partial charge < -0.3 is 9.73 Å². The van der Waals surface area contributed by atoms with Crippen LogP contribution in [0.15, 0.2) is 82.3 Å². The number of carbonyl (C=O) groups is 1. The minimum Gasteiger partial charge on any atom is -0.467 e. The van der Waals surface area contributed by atoms with Gasteiger partial charge in [0.15, 0.2) is 0 Å². The van der Waals surface area contributed by atoms with Crippen LogP contribution in [0, 0.1) is 0 Å². The second kappa shape index (κ2) is 7.77. The van der Waals surface area contributed by atoms with E-state index in [0.29, 0.717) is 11.3 Å². The molecule has 0 aliphatic heterocycles. The first-order valence-electron chi connectivity index (χ1n) is 8.31. The van der Waals surface area contributed by atoms with E-state index in [1.165, 1.54) is 38.4 Å². The third kappa shape index (κ3) is 4.10. The lowest BCUT2D eigenvalue weighted by Gasteiger charge is -2.17. The lowest BCUT2D eigenvalue weighted by molar-refractivity contribution is 0.0939. The molecule has 2 aromatic carbocycles. The Morgan fingerprint density at radius 3 is 2.19 bits per heavy atom. The van der Waals surface area contributed by atoms with E-state index in [0.717, 1.165) is 9.87 Å². The Kier molecular flexibility index (Phi) is 5.43. The van der Waals surface area contributed by atoms with E-state index in [1.807, 2.05) is 30.3 Å². The molecule has 6 nitrogen and oxygen atoms in total. The molecule has 1 atom stereocenters. The first-order valence-corrected chi connectivity index (χ1v) is 9.75. The van der Waals surface area contributed by atoms with Crippen LogP contribution in [0.1, 0.15) is 27.7 Å². The first kappa shape index (κ1) is 18.9. The molecule has 1 heterocycles. The summed E-state index contributed by atoms with van der Waals surface area (Å²) in [6, 6.07) is 18.4. The van der Waals surface area contributed by atoms with Gasteiger partial charge in [0.05, 0.1) is 11.2 Å². The van der Waals surface area contributed by atoms with Crippen LogP contribution in [0.4, 0.5) is 0 Å². The SMILES string of the molecule is CN(C)S(=O)(=O)c1ccc(C(=O)N[C@H](c2ccccc2)c2ccco2)cc1. The Bertz CT molecular complexity index is 996. The van der Waals surface area contributed by atoms with E-state index in [4.69, 9.17) is 4.42 Å². The van der Waals surface area contributed by atoms with Crippen LogP contribution in [0.2, 0.25) is 0 Å². The molecule has 0 bridgehead atoms. The quantitative estimate of drug-likeness (QED) is 0.708. The number of furan rings is 1. The second-order valence-electron chi connectivity index (χ2n) is 6.14. The molecule has 7 heteroatoms. The van der Waals surface area contributed by atoms with Crippen LogP contribution >= 0.6 is 0 Å². The van der Waals surface area contributed by atoms with Gasteiger partial charge in [0, 0.05) is 19.7 Å². The molecule has 0 aliphatic carbocycles. The van der Waals surface area contributed by atoms with Crippen molar-refractivity contribution in [2.24, 2.45) is 0 Å². The highest BCUT2D eigenvalue weighted by Crippen LogP contribution is 2.23. The predicted octanol–water partition coefficient (Wildman–Crippen LogP) is 3.05. The number of nitrogens with zero attached hydrogens (tertiary/aromatic N) is 1. The summed E-state index contributed by atoms with van der Waals surface area (Å²) >= 11 is 0.